The van der Waals surface area contributed by atoms with Crippen LogP contribution in [0.15, 0.2) is 12.3 Å². The molecule has 1 aromatic heterocycles. The summed E-state index contributed by atoms with van der Waals surface area (Å²) in [4.78, 5) is 9.06. The van der Waals surface area contributed by atoms with Crippen LogP contribution in [0.25, 0.3) is 0 Å². The molecule has 0 radical (unpaired) electrons. The number of amidine groups is 1. The Balaban J connectivity index is 2.20. The molecule has 0 spiro atoms. The SMILES string of the molecule is N=C(N)C1CCCN(c2nccc(C(F)(F)F)n2)C1. The van der Waals surface area contributed by atoms with Crippen LogP contribution in [0, 0.1) is 11.3 Å². The Morgan fingerprint density at radius 2 is 2.21 bits per heavy atom. The number of nitrogens with zero attached hydrogens (tertiary/aromatic N) is 3. The molecule has 1 unspecified atom stereocenters. The van der Waals surface area contributed by atoms with Gasteiger partial charge in [-0.3, -0.25) is 5.41 Å². The Morgan fingerprint density at radius 3 is 2.84 bits per heavy atom. The lowest BCUT2D eigenvalue weighted by molar-refractivity contribution is -0.141. The number of hydrogen-bond acceptors (Lipinski definition) is 4. The van der Waals surface area contributed by atoms with Crippen molar-refractivity contribution in [3.63, 3.8) is 0 Å². The summed E-state index contributed by atoms with van der Waals surface area (Å²) in [6.07, 6.45) is -1.86. The maximum absolute atomic E-state index is 12.6. The van der Waals surface area contributed by atoms with Crippen molar-refractivity contribution >= 4 is 11.8 Å². The summed E-state index contributed by atoms with van der Waals surface area (Å²) in [5.74, 6) is -0.0515. The fraction of sp³-hybridized carbons (Fsp3) is 0.545. The topological polar surface area (TPSA) is 78.9 Å². The van der Waals surface area contributed by atoms with Crippen molar-refractivity contribution in [3.05, 3.63) is 18.0 Å². The first-order valence-corrected chi connectivity index (χ1v) is 5.87. The van der Waals surface area contributed by atoms with Crippen LogP contribution in [-0.4, -0.2) is 28.9 Å². The molecule has 3 N–H and O–H groups in total. The highest BCUT2D eigenvalue weighted by molar-refractivity contribution is 5.80. The Morgan fingerprint density at radius 1 is 1.47 bits per heavy atom. The lowest BCUT2D eigenvalue weighted by atomic mass is 9.97. The molecule has 1 atom stereocenters. The first kappa shape index (κ1) is 13.6. The molecule has 104 valence electrons. The smallest absolute Gasteiger partial charge is 0.387 e. The number of piperidine rings is 1. The summed E-state index contributed by atoms with van der Waals surface area (Å²) in [5, 5.41) is 7.41. The number of rotatable bonds is 2. The molecule has 0 bridgehead atoms. The highest BCUT2D eigenvalue weighted by atomic mass is 19.4. The monoisotopic (exact) mass is 273 g/mol. The lowest BCUT2D eigenvalue weighted by Crippen LogP contribution is -2.41. The van der Waals surface area contributed by atoms with Gasteiger partial charge in [-0.05, 0) is 18.9 Å². The van der Waals surface area contributed by atoms with E-state index >= 15 is 0 Å². The minimum atomic E-state index is -4.48. The van der Waals surface area contributed by atoms with Gasteiger partial charge in [0, 0.05) is 25.2 Å². The third-order valence-corrected chi connectivity index (χ3v) is 3.08. The van der Waals surface area contributed by atoms with E-state index in [0.29, 0.717) is 13.1 Å². The van der Waals surface area contributed by atoms with Crippen LogP contribution in [0.2, 0.25) is 0 Å². The summed E-state index contributed by atoms with van der Waals surface area (Å²) in [5.41, 5.74) is 4.49. The van der Waals surface area contributed by atoms with Gasteiger partial charge in [0.1, 0.15) is 5.69 Å². The number of nitrogens with one attached hydrogen (secondary N) is 1. The molecule has 8 heteroatoms. The van der Waals surface area contributed by atoms with Crippen LogP contribution in [-0.2, 0) is 6.18 Å². The largest absolute Gasteiger partial charge is 0.433 e. The van der Waals surface area contributed by atoms with Gasteiger partial charge < -0.3 is 10.6 Å². The van der Waals surface area contributed by atoms with E-state index in [4.69, 9.17) is 11.1 Å². The average Bonchev–Trinajstić information content (AvgIpc) is 2.38. The number of anilines is 1. The molecular formula is C11H14F3N5. The van der Waals surface area contributed by atoms with Crippen LogP contribution >= 0.6 is 0 Å². The number of aromatic nitrogens is 2. The Bertz CT molecular complexity index is 474. The van der Waals surface area contributed by atoms with Gasteiger partial charge in [0.25, 0.3) is 0 Å². The van der Waals surface area contributed by atoms with Crippen molar-refractivity contribution in [3.8, 4) is 0 Å². The Kier molecular flexibility index (Phi) is 3.59. The van der Waals surface area contributed by atoms with Gasteiger partial charge in [-0.25, -0.2) is 9.97 Å². The predicted octanol–water partition coefficient (Wildman–Crippen LogP) is 1.65. The van der Waals surface area contributed by atoms with Gasteiger partial charge in [0.15, 0.2) is 0 Å². The normalized spacial score (nSPS) is 20.4. The third-order valence-electron chi connectivity index (χ3n) is 3.08. The first-order chi connectivity index (χ1) is 8.88. The zero-order chi connectivity index (χ0) is 14.0. The summed E-state index contributed by atoms with van der Waals surface area (Å²) in [7, 11) is 0. The second-order valence-corrected chi connectivity index (χ2v) is 4.48. The maximum atomic E-state index is 12.6. The number of halogens is 3. The summed E-state index contributed by atoms with van der Waals surface area (Å²) < 4.78 is 37.7. The molecule has 1 aliphatic heterocycles. The molecular weight excluding hydrogens is 259 g/mol. The van der Waals surface area contributed by atoms with E-state index in [2.05, 4.69) is 9.97 Å². The van der Waals surface area contributed by atoms with E-state index in [1.807, 2.05) is 0 Å². The molecule has 1 aliphatic rings. The molecule has 0 amide bonds. The summed E-state index contributed by atoms with van der Waals surface area (Å²) >= 11 is 0. The van der Waals surface area contributed by atoms with Crippen LogP contribution in [0.4, 0.5) is 19.1 Å². The van der Waals surface area contributed by atoms with Gasteiger partial charge in [-0.15, -0.1) is 0 Å². The number of alkyl halides is 3. The molecule has 2 rings (SSSR count). The van der Waals surface area contributed by atoms with Crippen LogP contribution in [0.1, 0.15) is 18.5 Å². The van der Waals surface area contributed by atoms with Crippen molar-refractivity contribution < 1.29 is 13.2 Å². The average molecular weight is 273 g/mol. The standard InChI is InChI=1S/C11H14F3N5/c12-11(13,14)8-3-4-17-10(18-8)19-5-1-2-7(6-19)9(15)16/h3-4,7H,1-2,5-6H2,(H3,15,16). The Hall–Kier alpha value is -1.86. The van der Waals surface area contributed by atoms with Crippen molar-refractivity contribution in [2.75, 3.05) is 18.0 Å². The van der Waals surface area contributed by atoms with E-state index in [1.54, 1.807) is 4.90 Å². The zero-order valence-corrected chi connectivity index (χ0v) is 10.1. The van der Waals surface area contributed by atoms with Crippen molar-refractivity contribution in [1.29, 1.82) is 5.41 Å². The summed E-state index contributed by atoms with van der Waals surface area (Å²) in [6, 6.07) is 0.843. The molecule has 1 saturated heterocycles. The minimum Gasteiger partial charge on any atom is -0.387 e. The molecule has 1 aromatic rings. The molecule has 0 saturated carbocycles. The first-order valence-electron chi connectivity index (χ1n) is 5.87. The van der Waals surface area contributed by atoms with Gasteiger partial charge in [-0.1, -0.05) is 0 Å². The summed E-state index contributed by atoms with van der Waals surface area (Å²) in [6.45, 7) is 0.960. The molecule has 19 heavy (non-hydrogen) atoms. The molecule has 1 fully saturated rings. The second-order valence-electron chi connectivity index (χ2n) is 4.48. The highest BCUT2D eigenvalue weighted by Crippen LogP contribution is 2.29. The zero-order valence-electron chi connectivity index (χ0n) is 10.1. The van der Waals surface area contributed by atoms with E-state index in [0.717, 1.165) is 25.1 Å². The fourth-order valence-corrected chi connectivity index (χ4v) is 2.07. The van der Waals surface area contributed by atoms with Crippen LogP contribution < -0.4 is 10.6 Å². The van der Waals surface area contributed by atoms with Crippen molar-refractivity contribution in [2.45, 2.75) is 19.0 Å². The number of hydrogen-bond donors (Lipinski definition) is 2. The quantitative estimate of drug-likeness (QED) is 0.634. The third kappa shape index (κ3) is 3.12. The van der Waals surface area contributed by atoms with Gasteiger partial charge in [0.2, 0.25) is 5.95 Å². The van der Waals surface area contributed by atoms with Crippen molar-refractivity contribution in [2.24, 2.45) is 11.7 Å². The van der Waals surface area contributed by atoms with E-state index in [-0.39, 0.29) is 17.7 Å². The molecule has 0 aromatic carbocycles. The lowest BCUT2D eigenvalue weighted by Gasteiger charge is -2.32. The molecule has 2 heterocycles. The van der Waals surface area contributed by atoms with E-state index < -0.39 is 11.9 Å². The minimum absolute atomic E-state index is 0.0424. The van der Waals surface area contributed by atoms with Crippen LogP contribution in [0.5, 0.6) is 0 Å². The van der Waals surface area contributed by atoms with E-state index in [9.17, 15) is 13.2 Å². The van der Waals surface area contributed by atoms with E-state index in [1.165, 1.54) is 0 Å². The second kappa shape index (κ2) is 5.02. The van der Waals surface area contributed by atoms with Crippen molar-refractivity contribution in [1.82, 2.24) is 9.97 Å². The van der Waals surface area contributed by atoms with Gasteiger partial charge >= 0.3 is 6.18 Å². The predicted molar refractivity (Wildman–Crippen MR) is 63.9 cm³/mol. The molecule has 5 nitrogen and oxygen atoms in total. The van der Waals surface area contributed by atoms with Gasteiger partial charge in [0.05, 0.1) is 5.84 Å². The van der Waals surface area contributed by atoms with Gasteiger partial charge in [-0.2, -0.15) is 13.2 Å². The number of nitrogens with two attached hydrogens (primary N) is 1. The van der Waals surface area contributed by atoms with Crippen LogP contribution in [0.3, 0.4) is 0 Å². The molecule has 0 aliphatic carbocycles. The fourth-order valence-electron chi connectivity index (χ4n) is 2.07. The Labute approximate surface area is 108 Å². The highest BCUT2D eigenvalue weighted by Gasteiger charge is 2.33. The maximum Gasteiger partial charge on any atom is 0.433 e.